The lowest BCUT2D eigenvalue weighted by Crippen LogP contribution is -2.53. The molecule has 2 N–H and O–H groups in total. The van der Waals surface area contributed by atoms with Crippen molar-refractivity contribution >= 4 is 16.5 Å². The zero-order valence-electron chi connectivity index (χ0n) is 12.0. The number of thiazole rings is 1. The molecule has 1 aromatic rings. The number of hydrogen-bond acceptors (Lipinski definition) is 6. The van der Waals surface area contributed by atoms with Gasteiger partial charge in [-0.25, -0.2) is 4.98 Å². The van der Waals surface area contributed by atoms with E-state index < -0.39 is 0 Å². The second-order valence-corrected chi connectivity index (χ2v) is 6.81. The maximum absolute atomic E-state index is 6.03. The van der Waals surface area contributed by atoms with Crippen LogP contribution in [0.5, 0.6) is 0 Å². The van der Waals surface area contributed by atoms with E-state index >= 15 is 0 Å². The van der Waals surface area contributed by atoms with E-state index in [1.54, 1.807) is 11.3 Å². The molecule has 3 heterocycles. The van der Waals surface area contributed by atoms with Gasteiger partial charge in [-0.1, -0.05) is 0 Å². The Morgan fingerprint density at radius 2 is 2.20 bits per heavy atom. The second-order valence-electron chi connectivity index (χ2n) is 5.94. The lowest BCUT2D eigenvalue weighted by molar-refractivity contribution is -0.0225. The predicted molar refractivity (Wildman–Crippen MR) is 82.3 cm³/mol. The third-order valence-electron chi connectivity index (χ3n) is 4.46. The summed E-state index contributed by atoms with van der Waals surface area (Å²) >= 11 is 1.73. The van der Waals surface area contributed by atoms with Gasteiger partial charge in [-0.15, -0.1) is 11.3 Å². The van der Waals surface area contributed by atoms with E-state index in [4.69, 9.17) is 10.5 Å². The Kier molecular flexibility index (Phi) is 4.55. The maximum atomic E-state index is 6.03. The van der Waals surface area contributed by atoms with Crippen molar-refractivity contribution in [1.29, 1.82) is 0 Å². The topological polar surface area (TPSA) is 54.6 Å². The van der Waals surface area contributed by atoms with Crippen LogP contribution in [0.3, 0.4) is 0 Å². The minimum absolute atomic E-state index is 0.182. The number of aromatic nitrogens is 1. The van der Waals surface area contributed by atoms with E-state index in [1.807, 2.05) is 11.6 Å². The van der Waals surface area contributed by atoms with Crippen molar-refractivity contribution in [3.8, 4) is 0 Å². The molecule has 1 unspecified atom stereocenters. The lowest BCUT2D eigenvalue weighted by Gasteiger charge is -2.43. The quantitative estimate of drug-likeness (QED) is 0.899. The predicted octanol–water partition coefficient (Wildman–Crippen LogP) is 1.02. The fourth-order valence-corrected chi connectivity index (χ4v) is 3.90. The van der Waals surface area contributed by atoms with Crippen LogP contribution in [0, 0.1) is 5.41 Å². The zero-order chi connectivity index (χ0) is 13.8. The Morgan fingerprint density at radius 3 is 2.80 bits per heavy atom. The van der Waals surface area contributed by atoms with Crippen LogP contribution in [-0.2, 0) is 4.74 Å². The highest BCUT2D eigenvalue weighted by molar-refractivity contribution is 7.13. The van der Waals surface area contributed by atoms with Gasteiger partial charge in [0.25, 0.3) is 0 Å². The molecule has 3 rings (SSSR count). The van der Waals surface area contributed by atoms with Crippen molar-refractivity contribution in [2.24, 2.45) is 11.1 Å². The van der Waals surface area contributed by atoms with E-state index in [9.17, 15) is 0 Å². The average Bonchev–Trinajstić information content (AvgIpc) is 3.03. The van der Waals surface area contributed by atoms with Gasteiger partial charge >= 0.3 is 0 Å². The third-order valence-corrected chi connectivity index (χ3v) is 5.29. The summed E-state index contributed by atoms with van der Waals surface area (Å²) in [6, 6.07) is 0. The van der Waals surface area contributed by atoms with Crippen molar-refractivity contribution in [3.63, 3.8) is 0 Å². The standard InChI is InChI=1S/C14H24N4OS/c15-10-14(2-1-8-19-12-14)11-17-4-6-18(7-5-17)13-16-3-9-20-13/h3,9H,1-2,4-8,10-12,15H2. The van der Waals surface area contributed by atoms with Crippen LogP contribution in [-0.4, -0.2) is 62.4 Å². The van der Waals surface area contributed by atoms with Crippen LogP contribution in [0.1, 0.15) is 12.8 Å². The fourth-order valence-electron chi connectivity index (χ4n) is 3.20. The molecule has 6 heteroatoms. The first-order valence-corrected chi connectivity index (χ1v) is 8.34. The van der Waals surface area contributed by atoms with Crippen LogP contribution in [0.4, 0.5) is 5.13 Å². The van der Waals surface area contributed by atoms with E-state index in [0.29, 0.717) is 0 Å². The van der Waals surface area contributed by atoms with Crippen LogP contribution in [0.2, 0.25) is 0 Å². The summed E-state index contributed by atoms with van der Waals surface area (Å²) in [5.74, 6) is 0. The molecule has 0 bridgehead atoms. The van der Waals surface area contributed by atoms with Crippen molar-refractivity contribution in [2.75, 3.05) is 57.4 Å². The van der Waals surface area contributed by atoms with E-state index in [0.717, 1.165) is 64.0 Å². The molecular weight excluding hydrogens is 272 g/mol. The highest BCUT2D eigenvalue weighted by atomic mass is 32.1. The monoisotopic (exact) mass is 296 g/mol. The summed E-state index contributed by atoms with van der Waals surface area (Å²) in [4.78, 5) is 9.33. The molecule has 0 aliphatic carbocycles. The Bertz CT molecular complexity index is 397. The first-order chi connectivity index (χ1) is 9.81. The number of nitrogens with zero attached hydrogens (tertiary/aromatic N) is 3. The Morgan fingerprint density at radius 1 is 1.35 bits per heavy atom. The van der Waals surface area contributed by atoms with Gasteiger partial charge in [-0.3, -0.25) is 4.90 Å². The smallest absolute Gasteiger partial charge is 0.185 e. The largest absolute Gasteiger partial charge is 0.381 e. The second kappa shape index (κ2) is 6.39. The van der Waals surface area contributed by atoms with Crippen molar-refractivity contribution < 1.29 is 4.74 Å². The maximum Gasteiger partial charge on any atom is 0.185 e. The van der Waals surface area contributed by atoms with Crippen LogP contribution >= 0.6 is 11.3 Å². The van der Waals surface area contributed by atoms with Gasteiger partial charge in [0.15, 0.2) is 5.13 Å². The first-order valence-electron chi connectivity index (χ1n) is 7.46. The van der Waals surface area contributed by atoms with Crippen molar-refractivity contribution in [2.45, 2.75) is 12.8 Å². The third kappa shape index (κ3) is 3.14. The van der Waals surface area contributed by atoms with Gasteiger partial charge in [0, 0.05) is 62.9 Å². The Labute approximate surface area is 124 Å². The van der Waals surface area contributed by atoms with E-state index in [2.05, 4.69) is 14.8 Å². The molecular formula is C14H24N4OS. The molecule has 5 nitrogen and oxygen atoms in total. The van der Waals surface area contributed by atoms with E-state index in [-0.39, 0.29) is 5.41 Å². The summed E-state index contributed by atoms with van der Waals surface area (Å²) in [6.07, 6.45) is 4.24. The summed E-state index contributed by atoms with van der Waals surface area (Å²) < 4.78 is 5.67. The van der Waals surface area contributed by atoms with Crippen molar-refractivity contribution in [3.05, 3.63) is 11.6 Å². The molecule has 0 spiro atoms. The number of hydrogen-bond donors (Lipinski definition) is 1. The van der Waals surface area contributed by atoms with Gasteiger partial charge in [0.05, 0.1) is 6.61 Å². The Hall–Kier alpha value is -0.690. The van der Waals surface area contributed by atoms with E-state index in [1.165, 1.54) is 6.42 Å². The minimum atomic E-state index is 0.182. The summed E-state index contributed by atoms with van der Waals surface area (Å²) in [5.41, 5.74) is 6.22. The Balaban J connectivity index is 1.53. The van der Waals surface area contributed by atoms with Gasteiger partial charge in [-0.2, -0.15) is 0 Å². The molecule has 2 aliphatic rings. The molecule has 112 valence electrons. The number of ether oxygens (including phenoxy) is 1. The molecule has 20 heavy (non-hydrogen) atoms. The first kappa shape index (κ1) is 14.3. The average molecular weight is 296 g/mol. The van der Waals surface area contributed by atoms with Crippen LogP contribution in [0.25, 0.3) is 0 Å². The highest BCUT2D eigenvalue weighted by Crippen LogP contribution is 2.29. The molecule has 1 aromatic heterocycles. The number of anilines is 1. The molecule has 2 saturated heterocycles. The number of nitrogens with two attached hydrogens (primary N) is 1. The molecule has 2 fully saturated rings. The minimum Gasteiger partial charge on any atom is -0.381 e. The number of piperazine rings is 1. The molecule has 2 aliphatic heterocycles. The molecule has 0 aromatic carbocycles. The summed E-state index contributed by atoms with van der Waals surface area (Å²) in [6.45, 7) is 7.87. The van der Waals surface area contributed by atoms with Gasteiger partial charge in [0.2, 0.25) is 0 Å². The van der Waals surface area contributed by atoms with Crippen molar-refractivity contribution in [1.82, 2.24) is 9.88 Å². The van der Waals surface area contributed by atoms with Gasteiger partial charge < -0.3 is 15.4 Å². The zero-order valence-corrected chi connectivity index (χ0v) is 12.8. The van der Waals surface area contributed by atoms with Crippen LogP contribution < -0.4 is 10.6 Å². The highest BCUT2D eigenvalue weighted by Gasteiger charge is 2.34. The SMILES string of the molecule is NCC1(CN2CCN(c3nccs3)CC2)CCCOC1. The lowest BCUT2D eigenvalue weighted by atomic mass is 9.82. The fraction of sp³-hybridized carbons (Fsp3) is 0.786. The van der Waals surface area contributed by atoms with Crippen LogP contribution in [0.15, 0.2) is 11.6 Å². The number of rotatable bonds is 4. The molecule has 0 saturated carbocycles. The van der Waals surface area contributed by atoms with Gasteiger partial charge in [0.1, 0.15) is 0 Å². The summed E-state index contributed by atoms with van der Waals surface area (Å²) in [5, 5.41) is 3.20. The summed E-state index contributed by atoms with van der Waals surface area (Å²) in [7, 11) is 0. The van der Waals surface area contributed by atoms with Gasteiger partial charge in [-0.05, 0) is 12.8 Å². The normalized spacial score (nSPS) is 28.8. The molecule has 1 atom stereocenters. The molecule has 0 amide bonds. The molecule has 0 radical (unpaired) electrons.